The van der Waals surface area contributed by atoms with Gasteiger partial charge in [-0.3, -0.25) is 14.5 Å². The van der Waals surface area contributed by atoms with Gasteiger partial charge in [0.2, 0.25) is 5.91 Å². The molecule has 7 nitrogen and oxygen atoms in total. The molecule has 0 radical (unpaired) electrons. The number of carbonyl (C=O) groups is 2. The van der Waals surface area contributed by atoms with E-state index >= 15 is 0 Å². The summed E-state index contributed by atoms with van der Waals surface area (Å²) in [5.41, 5.74) is 8.81. The van der Waals surface area contributed by atoms with Crippen LogP contribution >= 0.6 is 0 Å². The Balaban J connectivity index is 2.01. The van der Waals surface area contributed by atoms with Crippen LogP contribution in [0, 0.1) is 0 Å². The third-order valence-corrected chi connectivity index (χ3v) is 3.85. The van der Waals surface area contributed by atoms with Crippen molar-refractivity contribution in [3.05, 3.63) is 35.3 Å². The molecule has 0 bridgehead atoms. The number of nitrogens with zero attached hydrogens (tertiary/aromatic N) is 3. The number of amides is 1. The molecule has 2 heterocycles. The first-order valence-corrected chi connectivity index (χ1v) is 7.12. The first-order valence-electron chi connectivity index (χ1n) is 7.12. The van der Waals surface area contributed by atoms with E-state index in [0.717, 1.165) is 23.1 Å². The van der Waals surface area contributed by atoms with E-state index in [-0.39, 0.29) is 12.1 Å². The summed E-state index contributed by atoms with van der Waals surface area (Å²) in [5.74, 6) is -1.39. The van der Waals surface area contributed by atoms with Crippen LogP contribution in [0.3, 0.4) is 0 Å². The maximum absolute atomic E-state index is 11.6. The summed E-state index contributed by atoms with van der Waals surface area (Å²) in [6.45, 7) is 0.359. The van der Waals surface area contributed by atoms with Crippen LogP contribution in [0.25, 0.3) is 11.3 Å². The highest BCUT2D eigenvalue weighted by Crippen LogP contribution is 2.34. The molecule has 0 fully saturated rings. The number of rotatable bonds is 5. The first-order chi connectivity index (χ1) is 10.6. The van der Waals surface area contributed by atoms with Gasteiger partial charge in [0.05, 0.1) is 5.69 Å². The second kappa shape index (κ2) is 5.59. The molecular formula is C15H16N4O3. The Labute approximate surface area is 126 Å². The summed E-state index contributed by atoms with van der Waals surface area (Å²) >= 11 is 0. The van der Waals surface area contributed by atoms with Crippen LogP contribution in [0.2, 0.25) is 0 Å². The third kappa shape index (κ3) is 2.45. The zero-order chi connectivity index (χ0) is 15.7. The summed E-state index contributed by atoms with van der Waals surface area (Å²) in [4.78, 5) is 26.5. The zero-order valence-corrected chi connectivity index (χ0v) is 12.0. The number of carboxylic acid groups (broad SMARTS) is 1. The molecule has 1 aliphatic carbocycles. The second-order valence-corrected chi connectivity index (χ2v) is 5.31. The molecule has 2 aromatic heterocycles. The van der Waals surface area contributed by atoms with Gasteiger partial charge in [-0.1, -0.05) is 0 Å². The molecule has 3 N–H and O–H groups in total. The SMILES string of the molecule is NC(=O)CCCn1nc2c(c1C(=O)O)CCc1cnccc1-2. The van der Waals surface area contributed by atoms with Gasteiger partial charge >= 0.3 is 5.97 Å². The van der Waals surface area contributed by atoms with Gasteiger partial charge in [-0.2, -0.15) is 5.10 Å². The molecule has 0 spiro atoms. The van der Waals surface area contributed by atoms with E-state index in [2.05, 4.69) is 10.1 Å². The number of aromatic carboxylic acids is 1. The Kier molecular flexibility index (Phi) is 3.62. The van der Waals surface area contributed by atoms with E-state index in [4.69, 9.17) is 5.73 Å². The summed E-state index contributed by atoms with van der Waals surface area (Å²) in [6, 6.07) is 1.86. The van der Waals surface area contributed by atoms with Gasteiger partial charge in [0.15, 0.2) is 0 Å². The topological polar surface area (TPSA) is 111 Å². The van der Waals surface area contributed by atoms with Crippen LogP contribution in [-0.4, -0.2) is 31.7 Å². The number of hydrogen-bond acceptors (Lipinski definition) is 4. The molecule has 1 aliphatic rings. The standard InChI is InChI=1S/C15H16N4O3/c16-12(20)2-1-7-19-14(15(21)22)11-4-3-9-8-17-6-5-10(9)13(11)18-19/h5-6,8H,1-4,7H2,(H2,16,20)(H,21,22). The normalized spacial score (nSPS) is 12.5. The number of hydrogen-bond donors (Lipinski definition) is 2. The van der Waals surface area contributed by atoms with Crippen LogP contribution in [0.5, 0.6) is 0 Å². The van der Waals surface area contributed by atoms with Crippen molar-refractivity contribution >= 4 is 11.9 Å². The number of aryl methyl sites for hydroxylation is 2. The average Bonchev–Trinajstić information content (AvgIpc) is 2.85. The van der Waals surface area contributed by atoms with Crippen molar-refractivity contribution in [2.24, 2.45) is 5.73 Å². The fourth-order valence-electron chi connectivity index (χ4n) is 2.87. The van der Waals surface area contributed by atoms with Crippen molar-refractivity contribution in [2.45, 2.75) is 32.2 Å². The molecule has 0 aliphatic heterocycles. The highest BCUT2D eigenvalue weighted by atomic mass is 16.4. The monoisotopic (exact) mass is 300 g/mol. The van der Waals surface area contributed by atoms with Crippen molar-refractivity contribution in [1.82, 2.24) is 14.8 Å². The van der Waals surface area contributed by atoms with Gasteiger partial charge in [-0.15, -0.1) is 0 Å². The number of carboxylic acids is 1. The Morgan fingerprint density at radius 2 is 2.18 bits per heavy atom. The quantitative estimate of drug-likeness (QED) is 0.856. The molecule has 0 saturated carbocycles. The first kappa shape index (κ1) is 14.2. The van der Waals surface area contributed by atoms with E-state index < -0.39 is 11.9 Å². The van der Waals surface area contributed by atoms with Crippen molar-refractivity contribution in [1.29, 1.82) is 0 Å². The number of aromatic nitrogens is 3. The molecule has 1 amide bonds. The fraction of sp³-hybridized carbons (Fsp3) is 0.333. The van der Waals surface area contributed by atoms with Crippen molar-refractivity contribution < 1.29 is 14.7 Å². The summed E-state index contributed by atoms with van der Waals surface area (Å²) in [6.07, 6.45) is 5.55. The number of pyridine rings is 1. The summed E-state index contributed by atoms with van der Waals surface area (Å²) in [7, 11) is 0. The Hall–Kier alpha value is -2.70. The number of carbonyl (C=O) groups excluding carboxylic acids is 1. The van der Waals surface area contributed by atoms with Gasteiger partial charge in [0, 0.05) is 36.5 Å². The van der Waals surface area contributed by atoms with Crippen LogP contribution in [-0.2, 0) is 24.2 Å². The zero-order valence-electron chi connectivity index (χ0n) is 12.0. The van der Waals surface area contributed by atoms with E-state index in [9.17, 15) is 14.7 Å². The third-order valence-electron chi connectivity index (χ3n) is 3.85. The minimum absolute atomic E-state index is 0.210. The number of nitrogens with two attached hydrogens (primary N) is 1. The van der Waals surface area contributed by atoms with Crippen molar-refractivity contribution in [3.63, 3.8) is 0 Å². The fourth-order valence-corrected chi connectivity index (χ4v) is 2.87. The lowest BCUT2D eigenvalue weighted by Crippen LogP contribution is -2.15. The molecular weight excluding hydrogens is 284 g/mol. The highest BCUT2D eigenvalue weighted by molar-refractivity contribution is 5.90. The molecule has 3 rings (SSSR count). The Bertz CT molecular complexity index is 751. The van der Waals surface area contributed by atoms with Crippen LogP contribution in [0.4, 0.5) is 0 Å². The lowest BCUT2D eigenvalue weighted by molar-refractivity contribution is -0.118. The molecule has 0 atom stereocenters. The molecule has 2 aromatic rings. The van der Waals surface area contributed by atoms with Crippen molar-refractivity contribution in [3.8, 4) is 11.3 Å². The minimum atomic E-state index is -0.995. The predicted molar refractivity (Wildman–Crippen MR) is 78.3 cm³/mol. The average molecular weight is 300 g/mol. The van der Waals surface area contributed by atoms with Gasteiger partial charge in [0.1, 0.15) is 5.69 Å². The maximum atomic E-state index is 11.6. The van der Waals surface area contributed by atoms with Gasteiger partial charge < -0.3 is 10.8 Å². The van der Waals surface area contributed by atoms with Gasteiger partial charge in [-0.25, -0.2) is 4.79 Å². The van der Waals surface area contributed by atoms with Crippen LogP contribution in [0.1, 0.15) is 34.5 Å². The molecule has 7 heteroatoms. The Morgan fingerprint density at radius 3 is 2.91 bits per heavy atom. The van der Waals surface area contributed by atoms with Gasteiger partial charge in [-0.05, 0) is 30.9 Å². The predicted octanol–water partition coefficient (Wildman–Crippen LogP) is 1.01. The summed E-state index contributed by atoms with van der Waals surface area (Å²) in [5, 5.41) is 14.0. The lowest BCUT2D eigenvalue weighted by Gasteiger charge is -2.14. The molecule has 0 unspecified atom stereocenters. The number of primary amides is 1. The molecule has 22 heavy (non-hydrogen) atoms. The van der Waals surface area contributed by atoms with E-state index in [1.807, 2.05) is 6.07 Å². The Morgan fingerprint density at radius 1 is 1.36 bits per heavy atom. The smallest absolute Gasteiger partial charge is 0.354 e. The van der Waals surface area contributed by atoms with E-state index in [1.165, 1.54) is 4.68 Å². The minimum Gasteiger partial charge on any atom is -0.477 e. The highest BCUT2D eigenvalue weighted by Gasteiger charge is 2.27. The van der Waals surface area contributed by atoms with E-state index in [0.29, 0.717) is 25.1 Å². The number of fused-ring (bicyclic) bond motifs is 3. The molecule has 0 saturated heterocycles. The lowest BCUT2D eigenvalue weighted by atomic mass is 9.90. The maximum Gasteiger partial charge on any atom is 0.354 e. The molecule has 0 aromatic carbocycles. The second-order valence-electron chi connectivity index (χ2n) is 5.31. The molecule has 114 valence electrons. The van der Waals surface area contributed by atoms with Gasteiger partial charge in [0.25, 0.3) is 0 Å². The largest absolute Gasteiger partial charge is 0.477 e. The van der Waals surface area contributed by atoms with Crippen molar-refractivity contribution in [2.75, 3.05) is 0 Å². The van der Waals surface area contributed by atoms with Crippen LogP contribution in [0.15, 0.2) is 18.5 Å². The van der Waals surface area contributed by atoms with Crippen LogP contribution < -0.4 is 5.73 Å². The summed E-state index contributed by atoms with van der Waals surface area (Å²) < 4.78 is 1.48. The van der Waals surface area contributed by atoms with E-state index in [1.54, 1.807) is 12.4 Å².